The van der Waals surface area contributed by atoms with Crippen LogP contribution in [-0.4, -0.2) is 4.75 Å². The minimum atomic E-state index is 0.421. The number of hydrogen-bond acceptors (Lipinski definition) is 1. The van der Waals surface area contributed by atoms with Crippen LogP contribution >= 0.6 is 12.6 Å². The molecule has 1 heteroatoms. The Morgan fingerprint density at radius 2 is 1.55 bits per heavy atom. The second-order valence-electron chi connectivity index (χ2n) is 9.79. The summed E-state index contributed by atoms with van der Waals surface area (Å²) in [5.41, 5.74) is 1.92. The van der Waals surface area contributed by atoms with Gasteiger partial charge in [-0.25, -0.2) is 0 Å². The molecule has 0 radical (unpaired) electrons. The van der Waals surface area contributed by atoms with E-state index in [0.717, 1.165) is 11.8 Å². The fraction of sp³-hybridized carbons (Fsp3) is 1.00. The summed E-state index contributed by atoms with van der Waals surface area (Å²) in [6, 6.07) is 0. The first-order valence-electron chi connectivity index (χ1n) is 9.02. The lowest BCUT2D eigenvalue weighted by Gasteiger charge is -2.64. The van der Waals surface area contributed by atoms with Crippen LogP contribution in [0.2, 0.25) is 0 Å². The lowest BCUT2D eigenvalue weighted by Crippen LogP contribution is -2.56. The molecule has 20 heavy (non-hydrogen) atoms. The third-order valence-electron chi connectivity index (χ3n) is 8.41. The fourth-order valence-electron chi connectivity index (χ4n) is 7.70. The van der Waals surface area contributed by atoms with Gasteiger partial charge in [0.1, 0.15) is 0 Å². The zero-order valence-corrected chi connectivity index (χ0v) is 14.6. The molecule has 0 N–H and O–H groups in total. The average molecular weight is 293 g/mol. The minimum absolute atomic E-state index is 0.421. The first-order chi connectivity index (χ1) is 9.30. The van der Waals surface area contributed by atoms with Crippen LogP contribution < -0.4 is 0 Å². The van der Waals surface area contributed by atoms with Crippen LogP contribution in [0.4, 0.5) is 0 Å². The molecule has 4 saturated carbocycles. The summed E-state index contributed by atoms with van der Waals surface area (Å²) >= 11 is 5.08. The van der Waals surface area contributed by atoms with Crippen molar-refractivity contribution in [1.29, 1.82) is 0 Å². The Bertz CT molecular complexity index is 427. The topological polar surface area (TPSA) is 0 Å². The van der Waals surface area contributed by atoms with Gasteiger partial charge in [0.2, 0.25) is 0 Å². The molecule has 0 nitrogen and oxygen atoms in total. The molecule has 0 aromatic rings. The van der Waals surface area contributed by atoms with Gasteiger partial charge in [-0.2, -0.15) is 12.6 Å². The van der Waals surface area contributed by atoms with E-state index >= 15 is 0 Å². The van der Waals surface area contributed by atoms with Crippen molar-refractivity contribution in [2.45, 2.75) is 89.7 Å². The maximum atomic E-state index is 5.08. The standard InChI is InChI=1S/C19H32S/c1-16(2)7-4-8-17(3)14(16)5-9-18-11-12-19(20,13-18)10-6-15(17)18/h14-15,20H,4-13H2,1-3H3. The summed E-state index contributed by atoms with van der Waals surface area (Å²) in [5.74, 6) is 1.99. The highest BCUT2D eigenvalue weighted by Crippen LogP contribution is 2.72. The van der Waals surface area contributed by atoms with E-state index < -0.39 is 0 Å². The summed E-state index contributed by atoms with van der Waals surface area (Å²) in [4.78, 5) is 0. The predicted octanol–water partition coefficient (Wildman–Crippen LogP) is 5.86. The molecule has 0 saturated heterocycles. The van der Waals surface area contributed by atoms with Gasteiger partial charge in [-0.1, -0.05) is 27.2 Å². The van der Waals surface area contributed by atoms with Gasteiger partial charge in [0.05, 0.1) is 0 Å². The van der Waals surface area contributed by atoms with Gasteiger partial charge in [-0.3, -0.25) is 0 Å². The van der Waals surface area contributed by atoms with Gasteiger partial charge in [0.25, 0.3) is 0 Å². The van der Waals surface area contributed by atoms with E-state index in [2.05, 4.69) is 20.8 Å². The molecule has 2 bridgehead atoms. The number of rotatable bonds is 0. The molecule has 4 aliphatic rings. The summed E-state index contributed by atoms with van der Waals surface area (Å²) in [7, 11) is 0. The quantitative estimate of drug-likeness (QED) is 0.531. The Hall–Kier alpha value is 0.350. The second-order valence-corrected chi connectivity index (χ2v) is 10.7. The predicted molar refractivity (Wildman–Crippen MR) is 89.2 cm³/mol. The number of hydrogen-bond donors (Lipinski definition) is 1. The van der Waals surface area contributed by atoms with E-state index in [9.17, 15) is 0 Å². The highest BCUT2D eigenvalue weighted by Gasteiger charge is 2.64. The van der Waals surface area contributed by atoms with Crippen molar-refractivity contribution in [2.24, 2.45) is 28.1 Å². The van der Waals surface area contributed by atoms with Crippen molar-refractivity contribution in [3.8, 4) is 0 Å². The van der Waals surface area contributed by atoms with Crippen molar-refractivity contribution in [2.75, 3.05) is 0 Å². The Balaban J connectivity index is 1.73. The van der Waals surface area contributed by atoms with Gasteiger partial charge in [-0.15, -0.1) is 0 Å². The lowest BCUT2D eigenvalue weighted by atomic mass is 9.41. The Labute approximate surface area is 130 Å². The van der Waals surface area contributed by atoms with Crippen LogP contribution in [0.1, 0.15) is 85.0 Å². The van der Waals surface area contributed by atoms with Gasteiger partial charge >= 0.3 is 0 Å². The fourth-order valence-corrected chi connectivity index (χ4v) is 8.25. The number of fused-ring (bicyclic) bond motifs is 3. The smallest absolute Gasteiger partial charge is 0.0135 e. The molecule has 0 heterocycles. The Morgan fingerprint density at radius 1 is 0.800 bits per heavy atom. The third-order valence-corrected chi connectivity index (χ3v) is 9.02. The zero-order chi connectivity index (χ0) is 14.2. The molecule has 4 rings (SSSR count). The van der Waals surface area contributed by atoms with Crippen LogP contribution in [0.3, 0.4) is 0 Å². The summed E-state index contributed by atoms with van der Waals surface area (Å²) in [5, 5.41) is 0. The van der Waals surface area contributed by atoms with Crippen LogP contribution in [0, 0.1) is 28.1 Å². The molecule has 0 aromatic carbocycles. The van der Waals surface area contributed by atoms with Crippen molar-refractivity contribution < 1.29 is 0 Å². The lowest BCUT2D eigenvalue weighted by molar-refractivity contribution is -0.142. The Kier molecular flexibility index (Phi) is 2.80. The summed E-state index contributed by atoms with van der Waals surface area (Å²) in [6.45, 7) is 7.81. The van der Waals surface area contributed by atoms with E-state index in [4.69, 9.17) is 12.6 Å². The molecule has 1 spiro atoms. The van der Waals surface area contributed by atoms with E-state index in [1.807, 2.05) is 0 Å². The van der Waals surface area contributed by atoms with Gasteiger partial charge in [0.15, 0.2) is 0 Å². The van der Waals surface area contributed by atoms with Crippen LogP contribution in [0.15, 0.2) is 0 Å². The van der Waals surface area contributed by atoms with Crippen molar-refractivity contribution in [1.82, 2.24) is 0 Å². The van der Waals surface area contributed by atoms with Gasteiger partial charge < -0.3 is 0 Å². The van der Waals surface area contributed by atoms with Gasteiger partial charge in [-0.05, 0) is 85.9 Å². The minimum Gasteiger partial charge on any atom is -0.172 e. The molecule has 114 valence electrons. The molecule has 4 aliphatic carbocycles. The zero-order valence-electron chi connectivity index (χ0n) is 13.7. The third kappa shape index (κ3) is 1.68. The maximum Gasteiger partial charge on any atom is 0.0135 e. The molecule has 0 amide bonds. The largest absolute Gasteiger partial charge is 0.172 e. The molecule has 5 unspecified atom stereocenters. The van der Waals surface area contributed by atoms with Crippen LogP contribution in [0.25, 0.3) is 0 Å². The second kappa shape index (κ2) is 4.00. The van der Waals surface area contributed by atoms with E-state index in [1.165, 1.54) is 64.2 Å². The van der Waals surface area contributed by atoms with Crippen molar-refractivity contribution >= 4 is 12.6 Å². The van der Waals surface area contributed by atoms with Crippen molar-refractivity contribution in [3.05, 3.63) is 0 Å². The Morgan fingerprint density at radius 3 is 2.35 bits per heavy atom. The van der Waals surface area contributed by atoms with Crippen molar-refractivity contribution in [3.63, 3.8) is 0 Å². The van der Waals surface area contributed by atoms with E-state index in [0.29, 0.717) is 21.0 Å². The SMILES string of the molecule is CC1(C)CCCC2(C)C1CCC13CCC(S)(CCC12)C3. The van der Waals surface area contributed by atoms with E-state index in [-0.39, 0.29) is 0 Å². The monoisotopic (exact) mass is 292 g/mol. The molecule has 5 atom stereocenters. The summed E-state index contributed by atoms with van der Waals surface area (Å²) < 4.78 is 0.421. The highest BCUT2D eigenvalue weighted by molar-refractivity contribution is 7.81. The molecular formula is C19H32S. The average Bonchev–Trinajstić information content (AvgIpc) is 2.58. The summed E-state index contributed by atoms with van der Waals surface area (Å²) in [6.07, 6.45) is 14.7. The molecular weight excluding hydrogens is 260 g/mol. The number of thiol groups is 1. The first-order valence-corrected chi connectivity index (χ1v) is 9.47. The maximum absolute atomic E-state index is 5.08. The van der Waals surface area contributed by atoms with Gasteiger partial charge in [0, 0.05) is 4.75 Å². The molecule has 0 aromatic heterocycles. The highest BCUT2D eigenvalue weighted by atomic mass is 32.1. The van der Waals surface area contributed by atoms with Crippen LogP contribution in [0.5, 0.6) is 0 Å². The molecule has 4 fully saturated rings. The normalized spacial score (nSPS) is 57.0. The van der Waals surface area contributed by atoms with Crippen LogP contribution in [-0.2, 0) is 0 Å². The first kappa shape index (κ1) is 14.0. The van der Waals surface area contributed by atoms with E-state index in [1.54, 1.807) is 0 Å². The molecule has 0 aliphatic heterocycles.